The zero-order chi connectivity index (χ0) is 44.0. The number of benzene rings is 1. The number of carbonyl (C=O) groups is 2. The van der Waals surface area contributed by atoms with Crippen molar-refractivity contribution in [2.24, 2.45) is 29.4 Å². The molecule has 3 heterocycles. The van der Waals surface area contributed by atoms with Gasteiger partial charge in [-0.05, 0) is 79.2 Å². The second-order valence-electron chi connectivity index (χ2n) is 18.3. The van der Waals surface area contributed by atoms with Gasteiger partial charge in [0.25, 0.3) is 0 Å². The van der Waals surface area contributed by atoms with Gasteiger partial charge < -0.3 is 64.6 Å². The molecule has 0 radical (unpaired) electrons. The molecule has 338 valence electrons. The fraction of sp³-hybridized carbons (Fsp3) is 0.818. The Balaban J connectivity index is 1.77. The van der Waals surface area contributed by atoms with Gasteiger partial charge in [-0.2, -0.15) is 0 Å². The quantitative estimate of drug-likeness (QED) is 0.186. The molecule has 0 bridgehead atoms. The molecule has 2 unspecified atom stereocenters. The molecule has 4 rings (SSSR count). The number of esters is 2. The van der Waals surface area contributed by atoms with E-state index in [1.54, 1.807) is 48.5 Å². The van der Waals surface area contributed by atoms with Crippen molar-refractivity contribution < 1.29 is 63.2 Å². The summed E-state index contributed by atoms with van der Waals surface area (Å²) in [6.07, 6.45) is -7.83. The maximum atomic E-state index is 14.3. The zero-order valence-corrected chi connectivity index (χ0v) is 37.0. The number of rotatable bonds is 10. The van der Waals surface area contributed by atoms with Gasteiger partial charge in [0.2, 0.25) is 0 Å². The van der Waals surface area contributed by atoms with Crippen molar-refractivity contribution in [1.29, 1.82) is 0 Å². The molecule has 15 nitrogen and oxygen atoms in total. The van der Waals surface area contributed by atoms with Crippen LogP contribution in [0.25, 0.3) is 0 Å². The smallest absolute Gasteiger partial charge is 0.311 e. The number of hydrogen-bond donors (Lipinski definition) is 6. The summed E-state index contributed by atoms with van der Waals surface area (Å²) in [6, 6.07) is 8.49. The third-order valence-electron chi connectivity index (χ3n) is 13.0. The molecule has 3 fully saturated rings. The van der Waals surface area contributed by atoms with Gasteiger partial charge in [-0.25, -0.2) is 0 Å². The first-order chi connectivity index (χ1) is 27.5. The lowest BCUT2D eigenvalue weighted by atomic mass is 9.78. The second-order valence-corrected chi connectivity index (χ2v) is 18.3. The zero-order valence-electron chi connectivity index (χ0n) is 37.0. The number of hydrogen-bond acceptors (Lipinski definition) is 15. The Bertz CT molecular complexity index is 1480. The molecule has 7 N–H and O–H groups in total. The molecule has 1 aromatic rings. The fourth-order valence-corrected chi connectivity index (χ4v) is 9.21. The van der Waals surface area contributed by atoms with Crippen LogP contribution in [0.15, 0.2) is 30.3 Å². The highest BCUT2D eigenvalue weighted by molar-refractivity contribution is 5.73. The van der Waals surface area contributed by atoms with Gasteiger partial charge in [0.15, 0.2) is 12.6 Å². The number of ether oxygens (including phenoxy) is 7. The lowest BCUT2D eigenvalue weighted by molar-refractivity contribution is -0.312. The van der Waals surface area contributed by atoms with E-state index >= 15 is 0 Å². The van der Waals surface area contributed by atoms with Gasteiger partial charge in [0.05, 0.1) is 54.1 Å². The Kier molecular flexibility index (Phi) is 17.3. The van der Waals surface area contributed by atoms with E-state index in [0.717, 1.165) is 5.56 Å². The molecule has 15 heteroatoms. The van der Waals surface area contributed by atoms with Gasteiger partial charge in [-0.1, -0.05) is 51.1 Å². The van der Waals surface area contributed by atoms with Gasteiger partial charge >= 0.3 is 11.9 Å². The molecule has 3 aliphatic heterocycles. The predicted molar refractivity (Wildman–Crippen MR) is 218 cm³/mol. The van der Waals surface area contributed by atoms with E-state index in [1.807, 2.05) is 44.2 Å². The molecule has 3 saturated heterocycles. The van der Waals surface area contributed by atoms with Crippen LogP contribution in [-0.2, 0) is 49.4 Å². The average molecular weight is 839 g/mol. The van der Waals surface area contributed by atoms with Crippen molar-refractivity contribution in [1.82, 2.24) is 5.32 Å². The Morgan fingerprint density at radius 1 is 0.966 bits per heavy atom. The van der Waals surface area contributed by atoms with E-state index < -0.39 is 108 Å². The largest absolute Gasteiger partial charge is 0.461 e. The van der Waals surface area contributed by atoms with E-state index in [4.69, 9.17) is 38.9 Å². The van der Waals surface area contributed by atoms with Crippen molar-refractivity contribution in [2.75, 3.05) is 13.7 Å². The van der Waals surface area contributed by atoms with Crippen LogP contribution in [0.5, 0.6) is 0 Å². The fourth-order valence-electron chi connectivity index (χ4n) is 9.21. The minimum atomic E-state index is -1.81. The van der Waals surface area contributed by atoms with Crippen LogP contribution >= 0.6 is 0 Å². The third-order valence-corrected chi connectivity index (χ3v) is 13.0. The minimum Gasteiger partial charge on any atom is -0.461 e. The number of methoxy groups -OCH3 is 1. The van der Waals surface area contributed by atoms with Crippen molar-refractivity contribution in [3.8, 4) is 0 Å². The van der Waals surface area contributed by atoms with Gasteiger partial charge in [-0.15, -0.1) is 0 Å². The maximum absolute atomic E-state index is 14.3. The van der Waals surface area contributed by atoms with Crippen LogP contribution < -0.4 is 11.1 Å². The van der Waals surface area contributed by atoms with Crippen LogP contribution in [0.4, 0.5) is 0 Å². The Morgan fingerprint density at radius 2 is 1.63 bits per heavy atom. The molecule has 18 atom stereocenters. The number of nitrogens with one attached hydrogen (secondary N) is 1. The van der Waals surface area contributed by atoms with Gasteiger partial charge in [0, 0.05) is 44.0 Å². The van der Waals surface area contributed by atoms with E-state index in [1.165, 1.54) is 14.0 Å². The van der Waals surface area contributed by atoms with Crippen molar-refractivity contribution in [3.05, 3.63) is 35.9 Å². The molecule has 0 spiro atoms. The minimum absolute atomic E-state index is 0.0850. The molecule has 0 amide bonds. The number of cyclic esters (lactones) is 1. The molecular formula is C44H74N2O13. The van der Waals surface area contributed by atoms with Crippen LogP contribution in [0.1, 0.15) is 107 Å². The lowest BCUT2D eigenvalue weighted by Crippen LogP contribution is -2.60. The highest BCUT2D eigenvalue weighted by atomic mass is 16.7. The van der Waals surface area contributed by atoms with Crippen molar-refractivity contribution in [3.63, 3.8) is 0 Å². The normalized spacial score (nSPS) is 44.5. The summed E-state index contributed by atoms with van der Waals surface area (Å²) in [6.45, 7) is 17.7. The second kappa shape index (κ2) is 20.7. The predicted octanol–water partition coefficient (Wildman–Crippen LogP) is 3.34. The lowest BCUT2D eigenvalue weighted by Gasteiger charge is -2.48. The number of carbonyl (C=O) groups excluding carboxylic acids is 2. The van der Waals surface area contributed by atoms with Crippen LogP contribution in [0.2, 0.25) is 0 Å². The standard InChI is InChI=1S/C44H74N2O13/c1-12-33-44(10,52)37(48)24(2)22-46-25(3)20-42(8,51)39(27(5)36(28(6)40(50)57-33)58-35-21-43(9,53-11)38(49)29(7)56-35)59-41-31(32(45)18-26(4)55-41)19-34(47)54-23-30-16-14-13-15-17-30/h13-17,24-29,31-33,35-39,41,46,48-49,51-52H,12,18-23,45H2,1-11H3/t24-,25+,26+,27-,28?,29-,31+,32-,33+,35?,36+,37+,38-,39+,41-,42-,43+,44+/m0/s1. The van der Waals surface area contributed by atoms with Crippen molar-refractivity contribution >= 4 is 11.9 Å². The SMILES string of the molecule is CC[C@H]1OC(=O)C(C)[C@H](OC2C[C@@](C)(OC)[C@@H](O)[C@H](C)O2)[C@H](C)[C@@H](O[C@@H]2O[C@H](C)C[C@H](N)[C@H]2CC(=O)OCc2ccccc2)[C@@](C)(O)C[C@@H](C)NC[C@H](C)[C@@H](O)[C@]1(C)O. The molecule has 0 saturated carbocycles. The van der Waals surface area contributed by atoms with E-state index in [-0.39, 0.29) is 51.0 Å². The third kappa shape index (κ3) is 12.2. The summed E-state index contributed by atoms with van der Waals surface area (Å²) < 4.78 is 43.7. The summed E-state index contributed by atoms with van der Waals surface area (Å²) in [5, 5.41) is 50.1. The van der Waals surface area contributed by atoms with E-state index in [2.05, 4.69) is 5.32 Å². The summed E-state index contributed by atoms with van der Waals surface area (Å²) in [4.78, 5) is 27.7. The first kappa shape index (κ1) is 49.4. The van der Waals surface area contributed by atoms with Crippen LogP contribution in [0.3, 0.4) is 0 Å². The van der Waals surface area contributed by atoms with E-state index in [9.17, 15) is 30.0 Å². The molecular weight excluding hydrogens is 764 g/mol. The summed E-state index contributed by atoms with van der Waals surface area (Å²) in [5.74, 6) is -4.20. The highest BCUT2D eigenvalue weighted by Gasteiger charge is 2.52. The first-order valence-electron chi connectivity index (χ1n) is 21.4. The first-order valence-corrected chi connectivity index (χ1v) is 21.4. The van der Waals surface area contributed by atoms with E-state index in [0.29, 0.717) is 6.42 Å². The number of nitrogens with two attached hydrogens (primary N) is 1. The van der Waals surface area contributed by atoms with Gasteiger partial charge in [-0.3, -0.25) is 9.59 Å². The topological polar surface area (TPSA) is 218 Å². The maximum Gasteiger partial charge on any atom is 0.311 e. The van der Waals surface area contributed by atoms with Crippen LogP contribution in [-0.4, -0.2) is 130 Å². The molecule has 59 heavy (non-hydrogen) atoms. The summed E-state index contributed by atoms with van der Waals surface area (Å²) in [5.41, 5.74) is 3.08. The Morgan fingerprint density at radius 3 is 2.25 bits per heavy atom. The van der Waals surface area contributed by atoms with Crippen molar-refractivity contribution in [2.45, 2.75) is 192 Å². The molecule has 1 aromatic carbocycles. The van der Waals surface area contributed by atoms with Crippen LogP contribution in [0, 0.1) is 23.7 Å². The van der Waals surface area contributed by atoms with Gasteiger partial charge in [0.1, 0.15) is 24.4 Å². The monoisotopic (exact) mass is 839 g/mol. The molecule has 3 aliphatic rings. The highest BCUT2D eigenvalue weighted by Crippen LogP contribution is 2.40. The summed E-state index contributed by atoms with van der Waals surface area (Å²) in [7, 11) is 1.50. The summed E-state index contributed by atoms with van der Waals surface area (Å²) >= 11 is 0. The Labute approximate surface area is 350 Å². The average Bonchev–Trinajstić information content (AvgIpc) is 3.18. The molecule has 0 aliphatic carbocycles. The number of aliphatic hydroxyl groups is 4. The number of aliphatic hydroxyl groups excluding tert-OH is 2. The Hall–Kier alpha value is -2.28. The molecule has 0 aromatic heterocycles.